The van der Waals surface area contributed by atoms with Crippen molar-refractivity contribution in [2.24, 2.45) is 11.7 Å². The molecule has 14 heavy (non-hydrogen) atoms. The van der Waals surface area contributed by atoms with Gasteiger partial charge in [0.15, 0.2) is 11.6 Å². The molecule has 1 atom stereocenters. The molecule has 0 amide bonds. The first-order valence-electron chi connectivity index (χ1n) is 4.82. The molecule has 0 saturated heterocycles. The van der Waals surface area contributed by atoms with Crippen LogP contribution in [0.15, 0.2) is 18.2 Å². The molecule has 0 fully saturated rings. The summed E-state index contributed by atoms with van der Waals surface area (Å²) in [7, 11) is 0. The molecule has 0 aliphatic heterocycles. The summed E-state index contributed by atoms with van der Waals surface area (Å²) >= 11 is 0. The molecule has 3 heteroatoms. The van der Waals surface area contributed by atoms with Crippen LogP contribution in [0, 0.1) is 17.6 Å². The first kappa shape index (κ1) is 11.1. The summed E-state index contributed by atoms with van der Waals surface area (Å²) in [5.41, 5.74) is 5.92. The second kappa shape index (κ2) is 5.05. The van der Waals surface area contributed by atoms with Crippen LogP contribution < -0.4 is 5.73 Å². The zero-order valence-electron chi connectivity index (χ0n) is 8.26. The smallest absolute Gasteiger partial charge is 0.162 e. The van der Waals surface area contributed by atoms with E-state index in [1.807, 2.05) is 6.92 Å². The van der Waals surface area contributed by atoms with E-state index in [2.05, 4.69) is 0 Å². The second-order valence-electron chi connectivity index (χ2n) is 3.43. The first-order chi connectivity index (χ1) is 6.69. The maximum absolute atomic E-state index is 13.2. The molecule has 0 heterocycles. The average molecular weight is 199 g/mol. The van der Waals surface area contributed by atoms with Crippen LogP contribution in [0.1, 0.15) is 18.9 Å². The quantitative estimate of drug-likeness (QED) is 0.792. The minimum atomic E-state index is -0.783. The van der Waals surface area contributed by atoms with Crippen molar-refractivity contribution in [1.29, 1.82) is 0 Å². The van der Waals surface area contributed by atoms with Gasteiger partial charge in [0.2, 0.25) is 0 Å². The lowest BCUT2D eigenvalue weighted by Gasteiger charge is -2.12. The Labute approximate surface area is 82.9 Å². The lowest BCUT2D eigenvalue weighted by Crippen LogP contribution is -2.16. The molecule has 0 aliphatic carbocycles. The molecule has 0 radical (unpaired) electrons. The molecular weight excluding hydrogens is 184 g/mol. The van der Waals surface area contributed by atoms with Crippen molar-refractivity contribution in [3.8, 4) is 0 Å². The number of rotatable bonds is 4. The van der Waals surface area contributed by atoms with Gasteiger partial charge in [-0.05, 0) is 30.5 Å². The molecule has 0 saturated carbocycles. The highest BCUT2D eigenvalue weighted by Crippen LogP contribution is 2.16. The van der Waals surface area contributed by atoms with Crippen LogP contribution in [0.4, 0.5) is 8.78 Å². The number of hydrogen-bond acceptors (Lipinski definition) is 1. The number of hydrogen-bond donors (Lipinski definition) is 1. The van der Waals surface area contributed by atoms with E-state index < -0.39 is 11.6 Å². The van der Waals surface area contributed by atoms with Crippen molar-refractivity contribution < 1.29 is 8.78 Å². The lowest BCUT2D eigenvalue weighted by molar-refractivity contribution is 0.469. The van der Waals surface area contributed by atoms with Crippen LogP contribution >= 0.6 is 0 Å². The topological polar surface area (TPSA) is 26.0 Å². The van der Waals surface area contributed by atoms with Crippen molar-refractivity contribution in [1.82, 2.24) is 0 Å². The van der Waals surface area contributed by atoms with Gasteiger partial charge in [-0.2, -0.15) is 0 Å². The Hall–Kier alpha value is -0.960. The minimum absolute atomic E-state index is 0.228. The molecular formula is C11H15F2N. The van der Waals surface area contributed by atoms with Gasteiger partial charge in [-0.25, -0.2) is 8.78 Å². The zero-order chi connectivity index (χ0) is 10.6. The van der Waals surface area contributed by atoms with E-state index in [4.69, 9.17) is 5.73 Å². The minimum Gasteiger partial charge on any atom is -0.330 e. The van der Waals surface area contributed by atoms with Crippen molar-refractivity contribution in [3.63, 3.8) is 0 Å². The molecule has 78 valence electrons. The lowest BCUT2D eigenvalue weighted by atomic mass is 9.97. The molecule has 1 unspecified atom stereocenters. The molecule has 2 N–H and O–H groups in total. The van der Waals surface area contributed by atoms with Crippen LogP contribution in [-0.2, 0) is 6.42 Å². The number of benzene rings is 1. The van der Waals surface area contributed by atoms with Gasteiger partial charge in [-0.3, -0.25) is 0 Å². The maximum atomic E-state index is 13.2. The fraction of sp³-hybridized carbons (Fsp3) is 0.455. The Morgan fingerprint density at radius 3 is 2.64 bits per heavy atom. The van der Waals surface area contributed by atoms with Gasteiger partial charge in [0.05, 0.1) is 0 Å². The summed E-state index contributed by atoms with van der Waals surface area (Å²) in [5.74, 6) is -1.29. The molecule has 0 aliphatic rings. The zero-order valence-corrected chi connectivity index (χ0v) is 8.26. The largest absolute Gasteiger partial charge is 0.330 e. The van der Waals surface area contributed by atoms with Gasteiger partial charge in [0, 0.05) is 0 Å². The van der Waals surface area contributed by atoms with E-state index in [9.17, 15) is 8.78 Å². The molecule has 1 nitrogen and oxygen atoms in total. The van der Waals surface area contributed by atoms with E-state index in [1.54, 1.807) is 6.07 Å². The first-order valence-corrected chi connectivity index (χ1v) is 4.82. The standard InChI is InChI=1S/C11H15F2N/c1-2-8(7-14)6-9-4-3-5-10(12)11(9)13/h3-5,8H,2,6-7,14H2,1H3. The van der Waals surface area contributed by atoms with Gasteiger partial charge in [-0.1, -0.05) is 25.5 Å². The Bertz CT molecular complexity index is 295. The molecule has 1 aromatic carbocycles. The van der Waals surface area contributed by atoms with Crippen molar-refractivity contribution in [2.45, 2.75) is 19.8 Å². The summed E-state index contributed by atoms with van der Waals surface area (Å²) in [6, 6.07) is 4.26. The third-order valence-electron chi connectivity index (χ3n) is 2.45. The highest BCUT2D eigenvalue weighted by atomic mass is 19.2. The van der Waals surface area contributed by atoms with Gasteiger partial charge >= 0.3 is 0 Å². The van der Waals surface area contributed by atoms with Crippen LogP contribution in [0.25, 0.3) is 0 Å². The number of halogens is 2. The monoisotopic (exact) mass is 199 g/mol. The molecule has 1 aromatic rings. The fourth-order valence-corrected chi connectivity index (χ4v) is 1.41. The van der Waals surface area contributed by atoms with Gasteiger partial charge in [-0.15, -0.1) is 0 Å². The normalized spacial score (nSPS) is 12.9. The van der Waals surface area contributed by atoms with Crippen molar-refractivity contribution in [2.75, 3.05) is 6.54 Å². The summed E-state index contributed by atoms with van der Waals surface area (Å²) < 4.78 is 26.1. The number of nitrogens with two attached hydrogens (primary N) is 1. The maximum Gasteiger partial charge on any atom is 0.162 e. The fourth-order valence-electron chi connectivity index (χ4n) is 1.41. The Balaban J connectivity index is 2.80. The van der Waals surface area contributed by atoms with Gasteiger partial charge in [0.25, 0.3) is 0 Å². The van der Waals surface area contributed by atoms with E-state index in [0.717, 1.165) is 12.5 Å². The van der Waals surface area contributed by atoms with Gasteiger partial charge in [0.1, 0.15) is 0 Å². The molecule has 1 rings (SSSR count). The third-order valence-corrected chi connectivity index (χ3v) is 2.45. The molecule has 0 aromatic heterocycles. The SMILES string of the molecule is CCC(CN)Cc1cccc(F)c1F. The third kappa shape index (κ3) is 2.51. The van der Waals surface area contributed by atoms with Crippen molar-refractivity contribution >= 4 is 0 Å². The van der Waals surface area contributed by atoms with Crippen LogP contribution in [0.5, 0.6) is 0 Å². The van der Waals surface area contributed by atoms with Crippen LogP contribution in [0.3, 0.4) is 0 Å². The van der Waals surface area contributed by atoms with E-state index in [1.165, 1.54) is 6.07 Å². The van der Waals surface area contributed by atoms with E-state index >= 15 is 0 Å². The predicted molar refractivity (Wildman–Crippen MR) is 52.9 cm³/mol. The Morgan fingerprint density at radius 2 is 2.07 bits per heavy atom. The average Bonchev–Trinajstić information content (AvgIpc) is 2.20. The van der Waals surface area contributed by atoms with E-state index in [-0.39, 0.29) is 5.92 Å². The van der Waals surface area contributed by atoms with Crippen molar-refractivity contribution in [3.05, 3.63) is 35.4 Å². The second-order valence-corrected chi connectivity index (χ2v) is 3.43. The van der Waals surface area contributed by atoms with Crippen LogP contribution in [-0.4, -0.2) is 6.54 Å². The van der Waals surface area contributed by atoms with Crippen LogP contribution in [0.2, 0.25) is 0 Å². The highest BCUT2D eigenvalue weighted by Gasteiger charge is 2.11. The summed E-state index contributed by atoms with van der Waals surface area (Å²) in [6.45, 7) is 2.50. The van der Waals surface area contributed by atoms with E-state index in [0.29, 0.717) is 18.5 Å². The summed E-state index contributed by atoms with van der Waals surface area (Å²) in [5, 5.41) is 0. The summed E-state index contributed by atoms with van der Waals surface area (Å²) in [6.07, 6.45) is 1.39. The highest BCUT2D eigenvalue weighted by molar-refractivity contribution is 5.19. The Kier molecular flexibility index (Phi) is 4.01. The molecule has 0 bridgehead atoms. The predicted octanol–water partition coefficient (Wildman–Crippen LogP) is 2.49. The van der Waals surface area contributed by atoms with Gasteiger partial charge < -0.3 is 5.73 Å². The Morgan fingerprint density at radius 1 is 1.36 bits per heavy atom. The summed E-state index contributed by atoms with van der Waals surface area (Å²) in [4.78, 5) is 0. The molecule has 0 spiro atoms.